The standard InChI is InChI=1S/C12H23N3/c1-4-12(5-2,10-13)7-11-8-14-15(6-3)9-11/h8-9H,4-7,10,13H2,1-3H3. The van der Waals surface area contributed by atoms with Crippen LogP contribution in [0.4, 0.5) is 0 Å². The van der Waals surface area contributed by atoms with Crippen LogP contribution in [0.3, 0.4) is 0 Å². The van der Waals surface area contributed by atoms with E-state index in [0.717, 1.165) is 32.4 Å². The van der Waals surface area contributed by atoms with Crippen LogP contribution in [0.15, 0.2) is 12.4 Å². The molecule has 0 bridgehead atoms. The van der Waals surface area contributed by atoms with Gasteiger partial charge < -0.3 is 5.73 Å². The molecule has 0 aliphatic rings. The molecule has 0 aliphatic heterocycles. The zero-order valence-electron chi connectivity index (χ0n) is 10.2. The maximum absolute atomic E-state index is 5.89. The minimum absolute atomic E-state index is 0.265. The van der Waals surface area contributed by atoms with Crippen molar-refractivity contribution in [2.45, 2.75) is 46.6 Å². The molecule has 0 aromatic carbocycles. The summed E-state index contributed by atoms with van der Waals surface area (Å²) in [5.74, 6) is 0. The molecular formula is C12H23N3. The minimum Gasteiger partial charge on any atom is -0.330 e. The summed E-state index contributed by atoms with van der Waals surface area (Å²) in [5.41, 5.74) is 7.47. The Morgan fingerprint density at radius 2 is 2.00 bits per heavy atom. The fourth-order valence-electron chi connectivity index (χ4n) is 1.96. The molecule has 0 radical (unpaired) electrons. The molecule has 15 heavy (non-hydrogen) atoms. The SMILES string of the molecule is CCn1cc(CC(CC)(CC)CN)cn1. The summed E-state index contributed by atoms with van der Waals surface area (Å²) >= 11 is 0. The highest BCUT2D eigenvalue weighted by Crippen LogP contribution is 2.29. The third-order valence-electron chi connectivity index (χ3n) is 3.52. The van der Waals surface area contributed by atoms with Gasteiger partial charge in [0.25, 0.3) is 0 Å². The Balaban J connectivity index is 2.73. The van der Waals surface area contributed by atoms with Gasteiger partial charge in [0.1, 0.15) is 0 Å². The zero-order chi connectivity index (χ0) is 11.3. The fraction of sp³-hybridized carbons (Fsp3) is 0.750. The number of nitrogens with zero attached hydrogens (tertiary/aromatic N) is 2. The average molecular weight is 209 g/mol. The molecule has 0 aliphatic carbocycles. The van der Waals surface area contributed by atoms with Crippen LogP contribution >= 0.6 is 0 Å². The van der Waals surface area contributed by atoms with E-state index in [0.29, 0.717) is 0 Å². The van der Waals surface area contributed by atoms with E-state index in [4.69, 9.17) is 5.73 Å². The van der Waals surface area contributed by atoms with Crippen molar-refractivity contribution in [1.82, 2.24) is 9.78 Å². The Labute approximate surface area is 92.7 Å². The van der Waals surface area contributed by atoms with E-state index >= 15 is 0 Å². The van der Waals surface area contributed by atoms with Gasteiger partial charge >= 0.3 is 0 Å². The second kappa shape index (κ2) is 5.31. The van der Waals surface area contributed by atoms with E-state index in [9.17, 15) is 0 Å². The second-order valence-corrected chi connectivity index (χ2v) is 4.29. The van der Waals surface area contributed by atoms with Gasteiger partial charge in [-0.25, -0.2) is 0 Å². The van der Waals surface area contributed by atoms with Crippen LogP contribution in [-0.2, 0) is 13.0 Å². The lowest BCUT2D eigenvalue weighted by Gasteiger charge is -2.29. The predicted octanol–water partition coefficient (Wildman–Crippen LogP) is 2.21. The molecule has 0 saturated carbocycles. The van der Waals surface area contributed by atoms with Gasteiger partial charge in [-0.15, -0.1) is 0 Å². The summed E-state index contributed by atoms with van der Waals surface area (Å²) in [6.07, 6.45) is 7.43. The van der Waals surface area contributed by atoms with Crippen LogP contribution in [0.1, 0.15) is 39.2 Å². The lowest BCUT2D eigenvalue weighted by molar-refractivity contribution is 0.271. The van der Waals surface area contributed by atoms with Gasteiger partial charge in [0.2, 0.25) is 0 Å². The highest BCUT2D eigenvalue weighted by Gasteiger charge is 2.25. The van der Waals surface area contributed by atoms with Crippen molar-refractivity contribution in [3.05, 3.63) is 18.0 Å². The molecule has 0 fully saturated rings. The number of rotatable bonds is 6. The summed E-state index contributed by atoms with van der Waals surface area (Å²) < 4.78 is 1.97. The van der Waals surface area contributed by atoms with Crippen molar-refractivity contribution < 1.29 is 0 Å². The molecule has 86 valence electrons. The zero-order valence-corrected chi connectivity index (χ0v) is 10.2. The maximum atomic E-state index is 5.89. The van der Waals surface area contributed by atoms with Gasteiger partial charge in [0.15, 0.2) is 0 Å². The first kappa shape index (κ1) is 12.2. The van der Waals surface area contributed by atoms with E-state index in [-0.39, 0.29) is 5.41 Å². The molecule has 3 heteroatoms. The summed E-state index contributed by atoms with van der Waals surface area (Å²) in [4.78, 5) is 0. The van der Waals surface area contributed by atoms with Crippen LogP contribution in [0.5, 0.6) is 0 Å². The number of hydrogen-bond donors (Lipinski definition) is 1. The molecule has 1 aromatic heterocycles. The maximum Gasteiger partial charge on any atom is 0.0521 e. The monoisotopic (exact) mass is 209 g/mol. The van der Waals surface area contributed by atoms with Crippen molar-refractivity contribution in [3.8, 4) is 0 Å². The smallest absolute Gasteiger partial charge is 0.0521 e. The summed E-state index contributed by atoms with van der Waals surface area (Å²) in [6, 6.07) is 0. The first-order valence-electron chi connectivity index (χ1n) is 5.91. The van der Waals surface area contributed by atoms with Gasteiger partial charge in [-0.1, -0.05) is 13.8 Å². The van der Waals surface area contributed by atoms with Crippen molar-refractivity contribution in [1.29, 1.82) is 0 Å². The van der Waals surface area contributed by atoms with Gasteiger partial charge in [0, 0.05) is 12.7 Å². The topological polar surface area (TPSA) is 43.8 Å². The first-order valence-corrected chi connectivity index (χ1v) is 5.91. The molecule has 1 heterocycles. The van der Waals surface area contributed by atoms with Gasteiger partial charge in [-0.3, -0.25) is 4.68 Å². The van der Waals surface area contributed by atoms with Gasteiger partial charge in [0.05, 0.1) is 6.20 Å². The first-order chi connectivity index (χ1) is 7.19. The number of aryl methyl sites for hydroxylation is 1. The molecule has 0 amide bonds. The highest BCUT2D eigenvalue weighted by molar-refractivity contribution is 5.07. The Bertz CT molecular complexity index is 279. The number of hydrogen-bond acceptors (Lipinski definition) is 2. The Morgan fingerprint density at radius 1 is 1.33 bits per heavy atom. The Hall–Kier alpha value is -0.830. The Kier molecular flexibility index (Phi) is 4.33. The molecule has 0 unspecified atom stereocenters. The van der Waals surface area contributed by atoms with E-state index < -0.39 is 0 Å². The quantitative estimate of drug-likeness (QED) is 0.780. The lowest BCUT2D eigenvalue weighted by atomic mass is 9.78. The van der Waals surface area contributed by atoms with E-state index in [1.54, 1.807) is 0 Å². The molecule has 1 rings (SSSR count). The molecular weight excluding hydrogens is 186 g/mol. The van der Waals surface area contributed by atoms with Gasteiger partial charge in [-0.2, -0.15) is 5.10 Å². The predicted molar refractivity (Wildman–Crippen MR) is 63.7 cm³/mol. The molecule has 3 nitrogen and oxygen atoms in total. The number of nitrogens with two attached hydrogens (primary N) is 1. The normalized spacial score (nSPS) is 12.0. The van der Waals surface area contributed by atoms with Crippen LogP contribution in [0.2, 0.25) is 0 Å². The minimum atomic E-state index is 0.265. The van der Waals surface area contributed by atoms with Crippen LogP contribution in [0, 0.1) is 5.41 Å². The third kappa shape index (κ3) is 2.81. The fourth-order valence-corrected chi connectivity index (χ4v) is 1.96. The molecule has 2 N–H and O–H groups in total. The van der Waals surface area contributed by atoms with Crippen LogP contribution < -0.4 is 5.73 Å². The summed E-state index contributed by atoms with van der Waals surface area (Å²) in [7, 11) is 0. The van der Waals surface area contributed by atoms with E-state index in [1.165, 1.54) is 5.56 Å². The van der Waals surface area contributed by atoms with Crippen LogP contribution in [-0.4, -0.2) is 16.3 Å². The third-order valence-corrected chi connectivity index (χ3v) is 3.52. The highest BCUT2D eigenvalue weighted by atomic mass is 15.3. The van der Waals surface area contributed by atoms with Crippen molar-refractivity contribution in [3.63, 3.8) is 0 Å². The molecule has 1 aromatic rings. The Morgan fingerprint density at radius 3 is 2.40 bits per heavy atom. The van der Waals surface area contributed by atoms with E-state index in [1.807, 2.05) is 10.9 Å². The lowest BCUT2D eigenvalue weighted by Crippen LogP contribution is -2.31. The van der Waals surface area contributed by atoms with Crippen molar-refractivity contribution in [2.75, 3.05) is 6.54 Å². The van der Waals surface area contributed by atoms with Crippen molar-refractivity contribution >= 4 is 0 Å². The van der Waals surface area contributed by atoms with Crippen molar-refractivity contribution in [2.24, 2.45) is 11.1 Å². The van der Waals surface area contributed by atoms with Crippen LogP contribution in [0.25, 0.3) is 0 Å². The number of aromatic nitrogens is 2. The summed E-state index contributed by atoms with van der Waals surface area (Å²) in [6.45, 7) is 8.25. The second-order valence-electron chi connectivity index (χ2n) is 4.29. The largest absolute Gasteiger partial charge is 0.330 e. The molecule has 0 atom stereocenters. The molecule has 0 saturated heterocycles. The van der Waals surface area contributed by atoms with E-state index in [2.05, 4.69) is 32.1 Å². The van der Waals surface area contributed by atoms with Gasteiger partial charge in [-0.05, 0) is 43.7 Å². The average Bonchev–Trinajstić information content (AvgIpc) is 2.73. The molecule has 0 spiro atoms. The summed E-state index contributed by atoms with van der Waals surface area (Å²) in [5, 5.41) is 4.30.